The molecule has 1 aromatic carbocycles. The van der Waals surface area contributed by atoms with Crippen LogP contribution in [0.3, 0.4) is 0 Å². The van der Waals surface area contributed by atoms with Gasteiger partial charge in [-0.25, -0.2) is 0 Å². The van der Waals surface area contributed by atoms with Crippen molar-refractivity contribution in [2.75, 3.05) is 13.2 Å². The van der Waals surface area contributed by atoms with Crippen molar-refractivity contribution in [1.29, 1.82) is 0 Å². The van der Waals surface area contributed by atoms with E-state index >= 15 is 0 Å². The van der Waals surface area contributed by atoms with Crippen molar-refractivity contribution >= 4 is 11.9 Å². The Hall–Kier alpha value is -2.28. The van der Waals surface area contributed by atoms with Gasteiger partial charge >= 0.3 is 5.97 Å². The summed E-state index contributed by atoms with van der Waals surface area (Å²) < 4.78 is 4.86. The molecular formula is C15H17NO3. The fourth-order valence-electron chi connectivity index (χ4n) is 1.55. The Labute approximate surface area is 113 Å². The Bertz CT molecular complexity index is 485. The first-order valence-corrected chi connectivity index (χ1v) is 6.08. The second-order valence-electron chi connectivity index (χ2n) is 3.83. The van der Waals surface area contributed by atoms with Crippen LogP contribution in [0.1, 0.15) is 19.4 Å². The Morgan fingerprint density at radius 3 is 2.53 bits per heavy atom. The highest BCUT2D eigenvalue weighted by molar-refractivity contribution is 5.95. The monoisotopic (exact) mass is 259 g/mol. The number of nitrogens with zero attached hydrogens (tertiary/aromatic N) is 1. The zero-order valence-electron chi connectivity index (χ0n) is 11.2. The molecule has 0 spiro atoms. The highest BCUT2D eigenvalue weighted by Gasteiger charge is 2.16. The molecule has 0 unspecified atom stereocenters. The van der Waals surface area contributed by atoms with Crippen molar-refractivity contribution in [2.45, 2.75) is 20.4 Å². The van der Waals surface area contributed by atoms with Gasteiger partial charge in [-0.2, -0.15) is 0 Å². The first-order valence-electron chi connectivity index (χ1n) is 6.08. The van der Waals surface area contributed by atoms with Crippen LogP contribution in [-0.2, 0) is 20.9 Å². The highest BCUT2D eigenvalue weighted by atomic mass is 16.5. The maximum atomic E-state index is 11.8. The van der Waals surface area contributed by atoms with E-state index in [0.717, 1.165) is 5.56 Å². The minimum absolute atomic E-state index is 0.0871. The van der Waals surface area contributed by atoms with Crippen molar-refractivity contribution in [3.05, 3.63) is 35.9 Å². The Morgan fingerprint density at radius 1 is 1.26 bits per heavy atom. The Morgan fingerprint density at radius 2 is 1.95 bits per heavy atom. The van der Waals surface area contributed by atoms with Gasteiger partial charge in [-0.1, -0.05) is 36.3 Å². The van der Waals surface area contributed by atoms with E-state index in [1.165, 1.54) is 4.90 Å². The van der Waals surface area contributed by atoms with E-state index < -0.39 is 5.97 Å². The minimum Gasteiger partial charge on any atom is -0.465 e. The second kappa shape index (κ2) is 7.93. The van der Waals surface area contributed by atoms with Crippen LogP contribution >= 0.6 is 0 Å². The molecule has 1 amide bonds. The van der Waals surface area contributed by atoms with Gasteiger partial charge in [-0.3, -0.25) is 9.59 Å². The summed E-state index contributed by atoms with van der Waals surface area (Å²) >= 11 is 0. The smallest absolute Gasteiger partial charge is 0.325 e. The predicted molar refractivity (Wildman–Crippen MR) is 71.9 cm³/mol. The summed E-state index contributed by atoms with van der Waals surface area (Å²) in [6, 6.07) is 9.45. The molecule has 4 nitrogen and oxygen atoms in total. The van der Waals surface area contributed by atoms with Gasteiger partial charge in [0.25, 0.3) is 5.91 Å². The normalized spacial score (nSPS) is 9.16. The first kappa shape index (κ1) is 14.8. The number of benzene rings is 1. The highest BCUT2D eigenvalue weighted by Crippen LogP contribution is 2.05. The number of amides is 1. The number of esters is 1. The van der Waals surface area contributed by atoms with Crippen LogP contribution in [0.25, 0.3) is 0 Å². The summed E-state index contributed by atoms with van der Waals surface area (Å²) in [5.41, 5.74) is 0.943. The van der Waals surface area contributed by atoms with E-state index in [2.05, 4.69) is 11.8 Å². The molecule has 19 heavy (non-hydrogen) atoms. The van der Waals surface area contributed by atoms with Gasteiger partial charge in [0.2, 0.25) is 0 Å². The Balaban J connectivity index is 2.76. The average molecular weight is 259 g/mol. The molecule has 1 rings (SSSR count). The van der Waals surface area contributed by atoms with Gasteiger partial charge < -0.3 is 9.64 Å². The third-order valence-electron chi connectivity index (χ3n) is 2.36. The number of rotatable bonds is 5. The topological polar surface area (TPSA) is 46.6 Å². The lowest BCUT2D eigenvalue weighted by Gasteiger charge is -2.19. The van der Waals surface area contributed by atoms with E-state index in [0.29, 0.717) is 13.2 Å². The number of carbonyl (C=O) groups excluding carboxylic acids is 2. The summed E-state index contributed by atoms with van der Waals surface area (Å²) in [5, 5.41) is 0. The molecule has 0 N–H and O–H groups in total. The van der Waals surface area contributed by atoms with Crippen LogP contribution in [0.15, 0.2) is 30.3 Å². The van der Waals surface area contributed by atoms with Gasteiger partial charge in [0.05, 0.1) is 6.61 Å². The molecule has 0 aliphatic heterocycles. The van der Waals surface area contributed by atoms with Crippen LogP contribution in [0.2, 0.25) is 0 Å². The van der Waals surface area contributed by atoms with Gasteiger partial charge in [0, 0.05) is 6.54 Å². The SMILES string of the molecule is CC#CC(=O)N(CC(=O)OCC)Cc1ccccc1. The summed E-state index contributed by atoms with van der Waals surface area (Å²) in [4.78, 5) is 24.7. The summed E-state index contributed by atoms with van der Waals surface area (Å²) in [5.74, 6) is 4.19. The van der Waals surface area contributed by atoms with Crippen molar-refractivity contribution in [3.63, 3.8) is 0 Å². The summed E-state index contributed by atoms with van der Waals surface area (Å²) in [7, 11) is 0. The number of hydrogen-bond acceptors (Lipinski definition) is 3. The lowest BCUT2D eigenvalue weighted by atomic mass is 10.2. The van der Waals surface area contributed by atoms with Gasteiger partial charge in [0.15, 0.2) is 0 Å². The molecule has 0 aliphatic rings. The van der Waals surface area contributed by atoms with Crippen molar-refractivity contribution in [1.82, 2.24) is 4.90 Å². The number of carbonyl (C=O) groups is 2. The Kier molecular flexibility index (Phi) is 6.17. The predicted octanol–water partition coefficient (Wildman–Crippen LogP) is 1.60. The van der Waals surface area contributed by atoms with Gasteiger partial charge in [-0.05, 0) is 25.3 Å². The maximum Gasteiger partial charge on any atom is 0.325 e. The van der Waals surface area contributed by atoms with Crippen LogP contribution in [0.4, 0.5) is 0 Å². The van der Waals surface area contributed by atoms with Crippen LogP contribution in [-0.4, -0.2) is 29.9 Å². The minimum atomic E-state index is -0.426. The standard InChI is InChI=1S/C15H17NO3/c1-3-8-14(17)16(12-15(18)19-4-2)11-13-9-6-5-7-10-13/h5-7,9-10H,4,11-12H2,1-2H3. The third kappa shape index (κ3) is 5.26. The lowest BCUT2D eigenvalue weighted by Crippen LogP contribution is -2.35. The fourth-order valence-corrected chi connectivity index (χ4v) is 1.55. The quantitative estimate of drug-likeness (QED) is 0.596. The van der Waals surface area contributed by atoms with Crippen molar-refractivity contribution in [3.8, 4) is 11.8 Å². The molecule has 0 atom stereocenters. The first-order chi connectivity index (χ1) is 9.17. The molecule has 0 saturated heterocycles. The number of ether oxygens (including phenoxy) is 1. The molecule has 1 aromatic rings. The van der Waals surface area contributed by atoms with Crippen LogP contribution in [0.5, 0.6) is 0 Å². The third-order valence-corrected chi connectivity index (χ3v) is 2.36. The van der Waals surface area contributed by atoms with E-state index in [4.69, 9.17) is 4.74 Å². The molecular weight excluding hydrogens is 242 g/mol. The summed E-state index contributed by atoms with van der Waals surface area (Å²) in [6.45, 7) is 3.87. The maximum absolute atomic E-state index is 11.8. The average Bonchev–Trinajstić information content (AvgIpc) is 2.40. The van der Waals surface area contributed by atoms with Gasteiger partial charge in [0.1, 0.15) is 6.54 Å². The zero-order valence-corrected chi connectivity index (χ0v) is 11.2. The van der Waals surface area contributed by atoms with Crippen LogP contribution < -0.4 is 0 Å². The fraction of sp³-hybridized carbons (Fsp3) is 0.333. The molecule has 0 aliphatic carbocycles. The summed E-state index contributed by atoms with van der Waals surface area (Å²) in [6.07, 6.45) is 0. The van der Waals surface area contributed by atoms with E-state index in [-0.39, 0.29) is 12.5 Å². The largest absolute Gasteiger partial charge is 0.465 e. The molecule has 0 saturated carbocycles. The second-order valence-corrected chi connectivity index (χ2v) is 3.83. The van der Waals surface area contributed by atoms with Gasteiger partial charge in [-0.15, -0.1) is 0 Å². The molecule has 4 heteroatoms. The van der Waals surface area contributed by atoms with E-state index in [1.807, 2.05) is 30.3 Å². The molecule has 0 aromatic heterocycles. The molecule has 100 valence electrons. The molecule has 0 bridgehead atoms. The van der Waals surface area contributed by atoms with Crippen molar-refractivity contribution in [2.24, 2.45) is 0 Å². The zero-order chi connectivity index (χ0) is 14.1. The van der Waals surface area contributed by atoms with Crippen LogP contribution in [0, 0.1) is 11.8 Å². The number of hydrogen-bond donors (Lipinski definition) is 0. The lowest BCUT2D eigenvalue weighted by molar-refractivity contribution is -0.147. The van der Waals surface area contributed by atoms with E-state index in [1.54, 1.807) is 13.8 Å². The van der Waals surface area contributed by atoms with E-state index in [9.17, 15) is 9.59 Å². The molecule has 0 fully saturated rings. The molecule has 0 heterocycles. The van der Waals surface area contributed by atoms with Crippen molar-refractivity contribution < 1.29 is 14.3 Å². The molecule has 0 radical (unpaired) electrons.